The highest BCUT2D eigenvalue weighted by atomic mass is 16.4. The van der Waals surface area contributed by atoms with E-state index < -0.39 is 5.97 Å². The van der Waals surface area contributed by atoms with E-state index in [-0.39, 0.29) is 5.69 Å². The lowest BCUT2D eigenvalue weighted by atomic mass is 10.2. The third-order valence-electron chi connectivity index (χ3n) is 4.34. The van der Waals surface area contributed by atoms with Gasteiger partial charge in [-0.1, -0.05) is 12.8 Å². The molecule has 0 atom stereocenters. The van der Waals surface area contributed by atoms with E-state index in [0.717, 1.165) is 38.0 Å². The summed E-state index contributed by atoms with van der Waals surface area (Å²) in [4.78, 5) is 23.7. The van der Waals surface area contributed by atoms with E-state index in [1.807, 2.05) is 0 Å². The van der Waals surface area contributed by atoms with Gasteiger partial charge in [-0.3, -0.25) is 4.90 Å². The van der Waals surface area contributed by atoms with Gasteiger partial charge in [0, 0.05) is 32.2 Å². The van der Waals surface area contributed by atoms with E-state index in [4.69, 9.17) is 5.11 Å². The molecule has 0 aromatic carbocycles. The number of nitrogens with zero attached hydrogens (tertiary/aromatic N) is 4. The van der Waals surface area contributed by atoms with E-state index >= 15 is 0 Å². The average molecular weight is 276 g/mol. The van der Waals surface area contributed by atoms with E-state index in [1.165, 1.54) is 31.9 Å². The maximum atomic E-state index is 10.8. The molecule has 1 aliphatic heterocycles. The van der Waals surface area contributed by atoms with Crippen molar-refractivity contribution in [1.29, 1.82) is 0 Å². The summed E-state index contributed by atoms with van der Waals surface area (Å²) >= 11 is 0. The smallest absolute Gasteiger partial charge is 0.356 e. The number of carbonyl (C=O) groups is 1. The van der Waals surface area contributed by atoms with Gasteiger partial charge in [-0.15, -0.1) is 0 Å². The zero-order valence-electron chi connectivity index (χ0n) is 11.5. The maximum Gasteiger partial charge on any atom is 0.356 e. The minimum absolute atomic E-state index is 0.00154. The number of anilines is 1. The number of aromatic carboxylic acids is 1. The van der Waals surface area contributed by atoms with E-state index in [2.05, 4.69) is 19.8 Å². The molecule has 0 bridgehead atoms. The van der Waals surface area contributed by atoms with Crippen molar-refractivity contribution >= 4 is 11.8 Å². The molecule has 1 saturated carbocycles. The highest BCUT2D eigenvalue weighted by Gasteiger charge is 2.26. The Labute approximate surface area is 118 Å². The predicted octanol–water partition coefficient (Wildman–Crippen LogP) is 1.24. The maximum absolute atomic E-state index is 10.8. The summed E-state index contributed by atoms with van der Waals surface area (Å²) in [6.07, 6.45) is 8.32. The van der Waals surface area contributed by atoms with Gasteiger partial charge >= 0.3 is 5.97 Å². The molecule has 2 fully saturated rings. The zero-order chi connectivity index (χ0) is 13.9. The Hall–Kier alpha value is -1.69. The Morgan fingerprint density at radius 1 is 1.10 bits per heavy atom. The summed E-state index contributed by atoms with van der Waals surface area (Å²) in [6, 6.07) is 0.776. The first-order valence-electron chi connectivity index (χ1n) is 7.28. The van der Waals surface area contributed by atoms with Crippen LogP contribution < -0.4 is 4.90 Å². The monoisotopic (exact) mass is 276 g/mol. The molecule has 1 saturated heterocycles. The second-order valence-electron chi connectivity index (χ2n) is 5.53. The number of carboxylic acid groups (broad SMARTS) is 1. The van der Waals surface area contributed by atoms with Crippen molar-refractivity contribution in [2.75, 3.05) is 31.1 Å². The van der Waals surface area contributed by atoms with Crippen molar-refractivity contribution in [3.8, 4) is 0 Å². The second kappa shape index (κ2) is 5.75. The van der Waals surface area contributed by atoms with Crippen molar-refractivity contribution in [3.05, 3.63) is 18.1 Å². The average Bonchev–Trinajstić information content (AvgIpc) is 3.02. The molecule has 0 spiro atoms. The summed E-state index contributed by atoms with van der Waals surface area (Å²) in [7, 11) is 0. The number of hydrogen-bond acceptors (Lipinski definition) is 5. The Morgan fingerprint density at radius 3 is 2.35 bits per heavy atom. The van der Waals surface area contributed by atoms with E-state index in [9.17, 15) is 4.79 Å². The third kappa shape index (κ3) is 2.75. The van der Waals surface area contributed by atoms with Gasteiger partial charge in [0.05, 0.1) is 12.4 Å². The van der Waals surface area contributed by atoms with E-state index in [0.29, 0.717) is 0 Å². The minimum atomic E-state index is -1.03. The largest absolute Gasteiger partial charge is 0.476 e. The Morgan fingerprint density at radius 2 is 1.80 bits per heavy atom. The fourth-order valence-corrected chi connectivity index (χ4v) is 3.18. The van der Waals surface area contributed by atoms with Gasteiger partial charge in [0.15, 0.2) is 5.69 Å². The lowest BCUT2D eigenvalue weighted by Crippen LogP contribution is -2.50. The molecule has 1 aromatic rings. The van der Waals surface area contributed by atoms with Crippen molar-refractivity contribution in [2.24, 2.45) is 0 Å². The molecule has 0 unspecified atom stereocenters. The highest BCUT2D eigenvalue weighted by Crippen LogP contribution is 2.25. The van der Waals surface area contributed by atoms with Crippen LogP contribution in [0.3, 0.4) is 0 Å². The topological polar surface area (TPSA) is 69.6 Å². The third-order valence-corrected chi connectivity index (χ3v) is 4.34. The Kier molecular flexibility index (Phi) is 3.82. The molecule has 0 amide bonds. The molecule has 3 rings (SSSR count). The minimum Gasteiger partial charge on any atom is -0.476 e. The SMILES string of the molecule is O=C(O)c1cnc(N2CCN(C3CCCC3)CC2)cn1. The molecule has 6 heteroatoms. The quantitative estimate of drug-likeness (QED) is 0.895. The standard InChI is InChI=1S/C14H20N4O2/c19-14(20)12-9-16-13(10-15-12)18-7-5-17(6-8-18)11-3-1-2-4-11/h9-11H,1-8H2,(H,19,20). The molecule has 6 nitrogen and oxygen atoms in total. The van der Waals surface area contributed by atoms with Crippen molar-refractivity contribution in [1.82, 2.24) is 14.9 Å². The van der Waals surface area contributed by atoms with Gasteiger partial charge in [0.25, 0.3) is 0 Å². The number of carboxylic acids is 1. The van der Waals surface area contributed by atoms with Gasteiger partial charge in [-0.25, -0.2) is 14.8 Å². The number of hydrogen-bond donors (Lipinski definition) is 1. The molecule has 1 N–H and O–H groups in total. The molecular formula is C14H20N4O2. The van der Waals surface area contributed by atoms with Crippen LogP contribution in [0.25, 0.3) is 0 Å². The Bertz CT molecular complexity index is 463. The molecule has 108 valence electrons. The second-order valence-corrected chi connectivity index (χ2v) is 5.53. The van der Waals surface area contributed by atoms with Crippen molar-refractivity contribution in [2.45, 2.75) is 31.7 Å². The van der Waals surface area contributed by atoms with Crippen molar-refractivity contribution < 1.29 is 9.90 Å². The molecule has 0 radical (unpaired) electrons. The van der Waals surface area contributed by atoms with Gasteiger partial charge in [-0.05, 0) is 12.8 Å². The van der Waals surface area contributed by atoms with Crippen LogP contribution in [-0.2, 0) is 0 Å². The van der Waals surface area contributed by atoms with Gasteiger partial charge in [0.2, 0.25) is 0 Å². The molecule has 1 aromatic heterocycles. The van der Waals surface area contributed by atoms with Gasteiger partial charge in [-0.2, -0.15) is 0 Å². The molecule has 1 aliphatic carbocycles. The summed E-state index contributed by atoms with van der Waals surface area (Å²) in [5.41, 5.74) is -0.00154. The summed E-state index contributed by atoms with van der Waals surface area (Å²) < 4.78 is 0. The fourth-order valence-electron chi connectivity index (χ4n) is 3.18. The van der Waals surface area contributed by atoms with Gasteiger partial charge in [0.1, 0.15) is 5.82 Å². The summed E-state index contributed by atoms with van der Waals surface area (Å²) in [5.74, 6) is -0.254. The first-order valence-corrected chi connectivity index (χ1v) is 7.28. The van der Waals surface area contributed by atoms with Crippen LogP contribution in [0.4, 0.5) is 5.82 Å². The summed E-state index contributed by atoms with van der Waals surface area (Å²) in [5, 5.41) is 8.82. The predicted molar refractivity (Wildman–Crippen MR) is 75.0 cm³/mol. The summed E-state index contributed by atoms with van der Waals surface area (Å²) in [6.45, 7) is 4.01. The highest BCUT2D eigenvalue weighted by molar-refractivity contribution is 5.84. The van der Waals surface area contributed by atoms with Gasteiger partial charge < -0.3 is 10.0 Å². The number of rotatable bonds is 3. The normalized spacial score (nSPS) is 21.3. The van der Waals surface area contributed by atoms with Crippen LogP contribution in [0.1, 0.15) is 36.2 Å². The molecular weight excluding hydrogens is 256 g/mol. The molecule has 20 heavy (non-hydrogen) atoms. The molecule has 2 aliphatic rings. The fraction of sp³-hybridized carbons (Fsp3) is 0.643. The molecule has 2 heterocycles. The number of piperazine rings is 1. The lowest BCUT2D eigenvalue weighted by molar-refractivity contribution is 0.0690. The van der Waals surface area contributed by atoms with Crippen LogP contribution in [0.15, 0.2) is 12.4 Å². The van der Waals surface area contributed by atoms with Crippen LogP contribution in [0.2, 0.25) is 0 Å². The number of aromatic nitrogens is 2. The first kappa shape index (κ1) is 13.3. The zero-order valence-corrected chi connectivity index (χ0v) is 11.5. The van der Waals surface area contributed by atoms with Crippen LogP contribution in [-0.4, -0.2) is 58.2 Å². The van der Waals surface area contributed by atoms with Crippen molar-refractivity contribution in [3.63, 3.8) is 0 Å². The van der Waals surface area contributed by atoms with E-state index in [1.54, 1.807) is 6.20 Å². The lowest BCUT2D eigenvalue weighted by Gasteiger charge is -2.38. The Balaban J connectivity index is 1.58. The first-order chi connectivity index (χ1) is 9.74. The van der Waals surface area contributed by atoms with Crippen LogP contribution in [0, 0.1) is 0 Å². The van der Waals surface area contributed by atoms with Crippen LogP contribution in [0.5, 0.6) is 0 Å². The van der Waals surface area contributed by atoms with Crippen LogP contribution >= 0.6 is 0 Å².